The van der Waals surface area contributed by atoms with E-state index in [2.05, 4.69) is 10.2 Å². The highest BCUT2D eigenvalue weighted by Gasteiger charge is 2.07. The Bertz CT molecular complexity index is 342. The number of anilines is 1. The number of benzene rings is 1. The average molecular weight is 215 g/mol. The van der Waals surface area contributed by atoms with E-state index in [4.69, 9.17) is 17.4 Å². The third-order valence-electron chi connectivity index (χ3n) is 1.77. The fourth-order valence-corrected chi connectivity index (χ4v) is 1.21. The number of nitrogen functional groups attached to an aromatic ring is 1. The molecule has 1 rings (SSSR count). The lowest BCUT2D eigenvalue weighted by atomic mass is 10.1. The Kier molecular flexibility index (Phi) is 3.73. The number of methoxy groups -OCH3 is 1. The summed E-state index contributed by atoms with van der Waals surface area (Å²) >= 11 is 5.88. The van der Waals surface area contributed by atoms with Crippen molar-refractivity contribution in [3.8, 4) is 0 Å². The van der Waals surface area contributed by atoms with Crippen LogP contribution in [0.1, 0.15) is 5.56 Å². The molecular weight excluding hydrogens is 204 g/mol. The highest BCUT2D eigenvalue weighted by atomic mass is 35.5. The first-order chi connectivity index (χ1) is 6.67. The average Bonchev–Trinajstić information content (AvgIpc) is 2.21. The van der Waals surface area contributed by atoms with Crippen LogP contribution in [0, 0.1) is 0 Å². The van der Waals surface area contributed by atoms with Gasteiger partial charge >= 0.3 is 5.97 Å². The Morgan fingerprint density at radius 3 is 2.93 bits per heavy atom. The van der Waals surface area contributed by atoms with Gasteiger partial charge in [-0.3, -0.25) is 10.6 Å². The molecule has 0 amide bonds. The van der Waals surface area contributed by atoms with E-state index in [9.17, 15) is 4.79 Å². The molecule has 0 aliphatic rings. The van der Waals surface area contributed by atoms with Crippen LogP contribution in [-0.2, 0) is 16.0 Å². The van der Waals surface area contributed by atoms with Gasteiger partial charge in [0.15, 0.2) is 0 Å². The van der Waals surface area contributed by atoms with Gasteiger partial charge in [-0.25, -0.2) is 0 Å². The van der Waals surface area contributed by atoms with Crippen molar-refractivity contribution in [2.75, 3.05) is 12.5 Å². The van der Waals surface area contributed by atoms with Gasteiger partial charge in [-0.15, -0.1) is 0 Å². The van der Waals surface area contributed by atoms with Gasteiger partial charge in [0, 0.05) is 10.7 Å². The Balaban J connectivity index is 2.89. The summed E-state index contributed by atoms with van der Waals surface area (Å²) in [4.78, 5) is 11.0. The van der Waals surface area contributed by atoms with E-state index in [-0.39, 0.29) is 12.4 Å². The van der Waals surface area contributed by atoms with Crippen LogP contribution in [0.25, 0.3) is 0 Å². The number of hydrogen-bond donors (Lipinski definition) is 2. The number of ether oxygens (including phenoxy) is 1. The van der Waals surface area contributed by atoms with Crippen LogP contribution >= 0.6 is 11.6 Å². The van der Waals surface area contributed by atoms with Crippen molar-refractivity contribution in [3.05, 3.63) is 28.8 Å². The molecule has 0 aliphatic heterocycles. The van der Waals surface area contributed by atoms with Crippen LogP contribution in [0.4, 0.5) is 5.69 Å². The Morgan fingerprint density at radius 2 is 2.36 bits per heavy atom. The number of halogens is 1. The van der Waals surface area contributed by atoms with Crippen LogP contribution in [0.3, 0.4) is 0 Å². The number of hydrazine groups is 1. The highest BCUT2D eigenvalue weighted by Crippen LogP contribution is 2.20. The topological polar surface area (TPSA) is 64.3 Å². The molecule has 4 nitrogen and oxygen atoms in total. The molecule has 0 unspecified atom stereocenters. The van der Waals surface area contributed by atoms with E-state index in [1.807, 2.05) is 0 Å². The van der Waals surface area contributed by atoms with E-state index >= 15 is 0 Å². The first-order valence-electron chi connectivity index (χ1n) is 3.99. The zero-order valence-corrected chi connectivity index (χ0v) is 8.47. The minimum absolute atomic E-state index is 0.144. The SMILES string of the molecule is COC(=O)Cc1cc(NN)ccc1Cl. The van der Waals surface area contributed by atoms with Crippen LogP contribution in [0.5, 0.6) is 0 Å². The number of nitrogens with two attached hydrogens (primary N) is 1. The second-order valence-corrected chi connectivity index (χ2v) is 3.11. The van der Waals surface area contributed by atoms with Crippen LogP contribution in [0.2, 0.25) is 5.02 Å². The molecule has 3 N–H and O–H groups in total. The molecule has 0 fully saturated rings. The van der Waals surface area contributed by atoms with Gasteiger partial charge in [0.1, 0.15) is 0 Å². The molecule has 0 saturated heterocycles. The molecule has 1 aromatic rings. The second-order valence-electron chi connectivity index (χ2n) is 2.70. The Morgan fingerprint density at radius 1 is 1.64 bits per heavy atom. The van der Waals surface area contributed by atoms with Crippen molar-refractivity contribution in [1.82, 2.24) is 0 Å². The van der Waals surface area contributed by atoms with Gasteiger partial charge in [-0.1, -0.05) is 11.6 Å². The monoisotopic (exact) mass is 214 g/mol. The molecule has 0 spiro atoms. The summed E-state index contributed by atoms with van der Waals surface area (Å²) in [6.45, 7) is 0. The predicted octanol–water partition coefficient (Wildman–Crippen LogP) is 1.34. The Hall–Kier alpha value is -1.26. The van der Waals surface area contributed by atoms with E-state index < -0.39 is 0 Å². The fraction of sp³-hybridized carbons (Fsp3) is 0.222. The summed E-state index contributed by atoms with van der Waals surface area (Å²) < 4.78 is 4.53. The summed E-state index contributed by atoms with van der Waals surface area (Å²) in [6.07, 6.45) is 0.144. The first kappa shape index (κ1) is 10.8. The third-order valence-corrected chi connectivity index (χ3v) is 2.14. The van der Waals surface area contributed by atoms with Gasteiger partial charge < -0.3 is 10.2 Å². The largest absolute Gasteiger partial charge is 0.469 e. The molecule has 1 aromatic carbocycles. The van der Waals surface area contributed by atoms with Crippen LogP contribution in [0.15, 0.2) is 18.2 Å². The van der Waals surface area contributed by atoms with Gasteiger partial charge in [0.2, 0.25) is 0 Å². The smallest absolute Gasteiger partial charge is 0.310 e. The minimum Gasteiger partial charge on any atom is -0.469 e. The summed E-state index contributed by atoms with van der Waals surface area (Å²) in [5, 5.41) is 0.523. The van der Waals surface area contributed by atoms with Gasteiger partial charge in [-0.05, 0) is 23.8 Å². The number of nitrogens with one attached hydrogen (secondary N) is 1. The van der Waals surface area contributed by atoms with Gasteiger partial charge in [0.05, 0.1) is 13.5 Å². The lowest BCUT2D eigenvalue weighted by Crippen LogP contribution is -2.09. The molecule has 0 atom stereocenters. The molecule has 0 aromatic heterocycles. The molecule has 14 heavy (non-hydrogen) atoms. The fourth-order valence-electron chi connectivity index (χ4n) is 1.03. The Labute approximate surface area is 87.0 Å². The molecular formula is C9H11ClN2O2. The van der Waals surface area contributed by atoms with Gasteiger partial charge in [-0.2, -0.15) is 0 Å². The number of esters is 1. The highest BCUT2D eigenvalue weighted by molar-refractivity contribution is 6.31. The zero-order valence-electron chi connectivity index (χ0n) is 7.71. The standard InChI is InChI=1S/C9H11ClN2O2/c1-14-9(13)5-6-4-7(12-11)2-3-8(6)10/h2-4,12H,5,11H2,1H3. The predicted molar refractivity (Wildman–Crippen MR) is 55.0 cm³/mol. The lowest BCUT2D eigenvalue weighted by Gasteiger charge is -2.05. The van der Waals surface area contributed by atoms with Crippen molar-refractivity contribution in [2.24, 2.45) is 5.84 Å². The van der Waals surface area contributed by atoms with Crippen molar-refractivity contribution in [1.29, 1.82) is 0 Å². The maximum Gasteiger partial charge on any atom is 0.310 e. The van der Waals surface area contributed by atoms with E-state index in [1.165, 1.54) is 7.11 Å². The molecule has 5 heteroatoms. The summed E-state index contributed by atoms with van der Waals surface area (Å²) in [5.74, 6) is 4.89. The second kappa shape index (κ2) is 4.83. The summed E-state index contributed by atoms with van der Waals surface area (Å²) in [6, 6.07) is 5.11. The van der Waals surface area contributed by atoms with Crippen molar-refractivity contribution in [3.63, 3.8) is 0 Å². The molecule has 0 bridgehead atoms. The number of hydrogen-bond acceptors (Lipinski definition) is 4. The molecule has 0 heterocycles. The van der Waals surface area contributed by atoms with Crippen molar-refractivity contribution >= 4 is 23.3 Å². The maximum absolute atomic E-state index is 11.0. The van der Waals surface area contributed by atoms with Crippen LogP contribution in [-0.4, -0.2) is 13.1 Å². The number of carbonyl (C=O) groups is 1. The van der Waals surface area contributed by atoms with Crippen LogP contribution < -0.4 is 11.3 Å². The summed E-state index contributed by atoms with van der Waals surface area (Å²) in [5.41, 5.74) is 3.87. The number of carbonyl (C=O) groups excluding carboxylic acids is 1. The lowest BCUT2D eigenvalue weighted by molar-refractivity contribution is -0.139. The van der Waals surface area contributed by atoms with Crippen molar-refractivity contribution < 1.29 is 9.53 Å². The number of rotatable bonds is 3. The molecule has 0 saturated carbocycles. The van der Waals surface area contributed by atoms with Crippen molar-refractivity contribution in [2.45, 2.75) is 6.42 Å². The molecule has 0 radical (unpaired) electrons. The normalized spacial score (nSPS) is 9.64. The third kappa shape index (κ3) is 2.61. The first-order valence-corrected chi connectivity index (χ1v) is 4.37. The molecule has 76 valence electrons. The van der Waals surface area contributed by atoms with E-state index in [0.717, 1.165) is 0 Å². The van der Waals surface area contributed by atoms with Gasteiger partial charge in [0.25, 0.3) is 0 Å². The summed E-state index contributed by atoms with van der Waals surface area (Å²) in [7, 11) is 1.33. The zero-order chi connectivity index (χ0) is 10.6. The quantitative estimate of drug-likeness (QED) is 0.453. The minimum atomic E-state index is -0.332. The van der Waals surface area contributed by atoms with E-state index in [0.29, 0.717) is 16.3 Å². The molecule has 0 aliphatic carbocycles. The van der Waals surface area contributed by atoms with E-state index in [1.54, 1.807) is 18.2 Å². The maximum atomic E-state index is 11.0.